The molecule has 6 heteroatoms. The number of aromatic hydroxyl groups is 1. The van der Waals surface area contributed by atoms with Crippen molar-refractivity contribution in [3.05, 3.63) is 38.8 Å². The first kappa shape index (κ1) is 14.1. The highest BCUT2D eigenvalue weighted by Crippen LogP contribution is 2.33. The van der Waals surface area contributed by atoms with Gasteiger partial charge in [-0.25, -0.2) is 4.98 Å². The highest BCUT2D eigenvalue weighted by molar-refractivity contribution is 7.11. The maximum atomic E-state index is 9.98. The van der Waals surface area contributed by atoms with Crippen molar-refractivity contribution in [2.45, 2.75) is 20.0 Å². The summed E-state index contributed by atoms with van der Waals surface area (Å²) in [6.07, 6.45) is 1.85. The Morgan fingerprint density at radius 2 is 2.21 bits per heavy atom. The molecule has 0 unspecified atom stereocenters. The molecule has 1 heterocycles. The Bertz CT molecular complexity index is 572. The van der Waals surface area contributed by atoms with E-state index < -0.39 is 0 Å². The van der Waals surface area contributed by atoms with Crippen LogP contribution in [0, 0.1) is 6.92 Å². The predicted octanol–water partition coefficient (Wildman–Crippen LogP) is 3.11. The molecule has 0 aliphatic rings. The molecule has 0 fully saturated rings. The van der Waals surface area contributed by atoms with Crippen molar-refractivity contribution in [2.75, 3.05) is 7.11 Å². The fourth-order valence-electron chi connectivity index (χ4n) is 1.73. The lowest BCUT2D eigenvalue weighted by Gasteiger charge is -2.10. The van der Waals surface area contributed by atoms with Gasteiger partial charge in [0, 0.05) is 40.8 Å². The van der Waals surface area contributed by atoms with Gasteiger partial charge in [-0.1, -0.05) is 11.6 Å². The summed E-state index contributed by atoms with van der Waals surface area (Å²) in [6.45, 7) is 3.20. The Morgan fingerprint density at radius 3 is 2.84 bits per heavy atom. The van der Waals surface area contributed by atoms with E-state index in [2.05, 4.69) is 10.3 Å². The van der Waals surface area contributed by atoms with E-state index in [9.17, 15) is 5.11 Å². The van der Waals surface area contributed by atoms with Gasteiger partial charge in [0.1, 0.15) is 0 Å². The third kappa shape index (κ3) is 3.59. The molecule has 1 aromatic carbocycles. The van der Waals surface area contributed by atoms with Gasteiger partial charge in [0.2, 0.25) is 0 Å². The van der Waals surface area contributed by atoms with Crippen LogP contribution in [0.1, 0.15) is 15.4 Å². The number of phenolic OH excluding ortho intramolecular Hbond substituents is 1. The van der Waals surface area contributed by atoms with Crippen LogP contribution in [0.3, 0.4) is 0 Å². The molecule has 0 saturated heterocycles. The third-order valence-corrected chi connectivity index (χ3v) is 3.75. The molecule has 0 saturated carbocycles. The van der Waals surface area contributed by atoms with Gasteiger partial charge in [0.15, 0.2) is 11.5 Å². The van der Waals surface area contributed by atoms with Crippen LogP contribution in [0.5, 0.6) is 11.5 Å². The summed E-state index contributed by atoms with van der Waals surface area (Å²) in [5.41, 5.74) is 0.714. The van der Waals surface area contributed by atoms with E-state index in [4.69, 9.17) is 16.3 Å². The average Bonchev–Trinajstić information content (AvgIpc) is 2.79. The Labute approximate surface area is 121 Å². The zero-order valence-corrected chi connectivity index (χ0v) is 12.3. The van der Waals surface area contributed by atoms with Gasteiger partial charge in [0.05, 0.1) is 12.1 Å². The molecule has 4 nitrogen and oxygen atoms in total. The molecule has 0 aliphatic heterocycles. The molecule has 2 N–H and O–H groups in total. The van der Waals surface area contributed by atoms with Crippen molar-refractivity contribution in [3.8, 4) is 11.5 Å². The topological polar surface area (TPSA) is 54.4 Å². The van der Waals surface area contributed by atoms with Crippen molar-refractivity contribution >= 4 is 22.9 Å². The number of phenols is 1. The van der Waals surface area contributed by atoms with Crippen LogP contribution < -0.4 is 10.1 Å². The summed E-state index contributed by atoms with van der Waals surface area (Å²) in [7, 11) is 1.50. The van der Waals surface area contributed by atoms with Crippen LogP contribution in [0.15, 0.2) is 18.3 Å². The van der Waals surface area contributed by atoms with E-state index in [1.807, 2.05) is 13.1 Å². The molecule has 0 atom stereocenters. The molecular formula is C13H15ClN2O2S. The number of rotatable bonds is 5. The molecule has 0 bridgehead atoms. The Kier molecular flexibility index (Phi) is 4.63. The van der Waals surface area contributed by atoms with Gasteiger partial charge in [-0.3, -0.25) is 0 Å². The molecule has 0 amide bonds. The number of nitrogens with one attached hydrogen (secondary N) is 1. The lowest BCUT2D eigenvalue weighted by molar-refractivity contribution is 0.369. The predicted molar refractivity (Wildman–Crippen MR) is 77.1 cm³/mol. The van der Waals surface area contributed by atoms with Crippen LogP contribution in [-0.2, 0) is 13.1 Å². The SMILES string of the molecule is COc1cc(Cl)cc(CNCc2cnc(C)s2)c1O. The van der Waals surface area contributed by atoms with Crippen LogP contribution >= 0.6 is 22.9 Å². The first-order valence-corrected chi connectivity index (χ1v) is 6.97. The van der Waals surface area contributed by atoms with Crippen LogP contribution in [0.2, 0.25) is 5.02 Å². The third-order valence-electron chi connectivity index (χ3n) is 2.62. The Morgan fingerprint density at radius 1 is 1.42 bits per heavy atom. The second kappa shape index (κ2) is 6.23. The molecule has 102 valence electrons. The molecule has 19 heavy (non-hydrogen) atoms. The maximum Gasteiger partial charge on any atom is 0.162 e. The number of benzene rings is 1. The molecule has 2 rings (SSSR count). The number of aryl methyl sites for hydroxylation is 1. The number of nitrogens with zero attached hydrogens (tertiary/aromatic N) is 1. The fourth-order valence-corrected chi connectivity index (χ4v) is 2.72. The minimum Gasteiger partial charge on any atom is -0.504 e. The molecule has 1 aromatic heterocycles. The van der Waals surface area contributed by atoms with Gasteiger partial charge in [-0.2, -0.15) is 0 Å². The number of halogens is 1. The molecule has 0 aliphatic carbocycles. The number of hydrogen-bond acceptors (Lipinski definition) is 5. The van der Waals surface area contributed by atoms with E-state index in [-0.39, 0.29) is 5.75 Å². The fraction of sp³-hybridized carbons (Fsp3) is 0.308. The lowest BCUT2D eigenvalue weighted by Crippen LogP contribution is -2.12. The quantitative estimate of drug-likeness (QED) is 0.890. The van der Waals surface area contributed by atoms with Gasteiger partial charge < -0.3 is 15.2 Å². The first-order valence-electron chi connectivity index (χ1n) is 5.77. The van der Waals surface area contributed by atoms with E-state index >= 15 is 0 Å². The Balaban J connectivity index is 2.01. The lowest BCUT2D eigenvalue weighted by atomic mass is 10.2. The van der Waals surface area contributed by atoms with E-state index in [0.29, 0.717) is 29.4 Å². The minimum atomic E-state index is 0.125. The van der Waals surface area contributed by atoms with E-state index in [1.54, 1.807) is 23.5 Å². The summed E-state index contributed by atoms with van der Waals surface area (Å²) < 4.78 is 5.06. The normalized spacial score (nSPS) is 10.7. The summed E-state index contributed by atoms with van der Waals surface area (Å²) in [5, 5.41) is 14.8. The Hall–Kier alpha value is -1.30. The average molecular weight is 299 g/mol. The van der Waals surface area contributed by atoms with Crippen LogP contribution in [0.25, 0.3) is 0 Å². The van der Waals surface area contributed by atoms with Gasteiger partial charge in [-0.15, -0.1) is 11.3 Å². The standard InChI is InChI=1S/C13H15ClN2O2S/c1-8-16-7-11(19-8)6-15-5-9-3-10(14)4-12(18-2)13(9)17/h3-4,7,15,17H,5-6H2,1-2H3. The summed E-state index contributed by atoms with van der Waals surface area (Å²) >= 11 is 7.62. The summed E-state index contributed by atoms with van der Waals surface area (Å²) in [4.78, 5) is 5.35. The second-order valence-electron chi connectivity index (χ2n) is 4.06. The number of hydrogen-bond donors (Lipinski definition) is 2. The molecule has 0 spiro atoms. The minimum absolute atomic E-state index is 0.125. The maximum absolute atomic E-state index is 9.98. The van der Waals surface area contributed by atoms with Crippen molar-refractivity contribution < 1.29 is 9.84 Å². The monoisotopic (exact) mass is 298 g/mol. The van der Waals surface area contributed by atoms with E-state index in [1.165, 1.54) is 7.11 Å². The van der Waals surface area contributed by atoms with Crippen molar-refractivity contribution in [3.63, 3.8) is 0 Å². The van der Waals surface area contributed by atoms with E-state index in [0.717, 1.165) is 9.88 Å². The number of methoxy groups -OCH3 is 1. The van der Waals surface area contributed by atoms with Crippen LogP contribution in [0.4, 0.5) is 0 Å². The smallest absolute Gasteiger partial charge is 0.162 e. The van der Waals surface area contributed by atoms with Crippen molar-refractivity contribution in [1.29, 1.82) is 0 Å². The van der Waals surface area contributed by atoms with Gasteiger partial charge in [0.25, 0.3) is 0 Å². The number of ether oxygens (including phenoxy) is 1. The van der Waals surface area contributed by atoms with Crippen molar-refractivity contribution in [2.24, 2.45) is 0 Å². The highest BCUT2D eigenvalue weighted by atomic mass is 35.5. The summed E-state index contributed by atoms with van der Waals surface area (Å²) in [6, 6.07) is 3.32. The number of thiazole rings is 1. The molecule has 2 aromatic rings. The largest absolute Gasteiger partial charge is 0.504 e. The molecular weight excluding hydrogens is 284 g/mol. The second-order valence-corrected chi connectivity index (χ2v) is 5.82. The van der Waals surface area contributed by atoms with Gasteiger partial charge >= 0.3 is 0 Å². The zero-order valence-electron chi connectivity index (χ0n) is 10.7. The first-order chi connectivity index (χ1) is 9.10. The zero-order chi connectivity index (χ0) is 13.8. The van der Waals surface area contributed by atoms with Crippen LogP contribution in [-0.4, -0.2) is 17.2 Å². The van der Waals surface area contributed by atoms with Gasteiger partial charge in [-0.05, 0) is 13.0 Å². The van der Waals surface area contributed by atoms with Crippen molar-refractivity contribution in [1.82, 2.24) is 10.3 Å². The highest BCUT2D eigenvalue weighted by Gasteiger charge is 2.09. The molecule has 0 radical (unpaired) electrons. The summed E-state index contributed by atoms with van der Waals surface area (Å²) in [5.74, 6) is 0.512. The number of aromatic nitrogens is 1.